The number of hydrogen-bond acceptors (Lipinski definition) is 5. The molecule has 3 amide bonds. The predicted molar refractivity (Wildman–Crippen MR) is 114 cm³/mol. The maximum Gasteiger partial charge on any atom is 0.573 e. The number of halogens is 4. The maximum absolute atomic E-state index is 13.9. The molecule has 1 atom stereocenters. The molecule has 0 radical (unpaired) electrons. The Labute approximate surface area is 196 Å². The lowest BCUT2D eigenvalue weighted by Gasteiger charge is -2.32. The lowest BCUT2D eigenvalue weighted by Crippen LogP contribution is -2.45. The number of fused-ring (bicyclic) bond motifs is 1. The minimum absolute atomic E-state index is 0.146. The molecule has 0 aromatic heterocycles. The van der Waals surface area contributed by atoms with Gasteiger partial charge in [0.1, 0.15) is 18.2 Å². The Kier molecular flexibility index (Phi) is 6.37. The summed E-state index contributed by atoms with van der Waals surface area (Å²) in [5, 5.41) is 4.68. The van der Waals surface area contributed by atoms with Gasteiger partial charge < -0.3 is 19.7 Å². The van der Waals surface area contributed by atoms with Crippen LogP contribution in [0, 0.1) is 5.82 Å². The van der Waals surface area contributed by atoms with E-state index in [-0.39, 0.29) is 30.9 Å². The molecule has 8 nitrogen and oxygen atoms in total. The molecule has 12 heteroatoms. The van der Waals surface area contributed by atoms with Crippen molar-refractivity contribution in [3.8, 4) is 5.75 Å². The van der Waals surface area contributed by atoms with E-state index < -0.39 is 29.7 Å². The molecule has 2 aliphatic rings. The molecule has 1 fully saturated rings. The van der Waals surface area contributed by atoms with Gasteiger partial charge in [0.2, 0.25) is 5.91 Å². The van der Waals surface area contributed by atoms with Crippen molar-refractivity contribution in [2.24, 2.45) is 0 Å². The molecule has 35 heavy (non-hydrogen) atoms. The second kappa shape index (κ2) is 9.28. The minimum atomic E-state index is -4.98. The number of benzene rings is 2. The largest absolute Gasteiger partial charge is 0.573 e. The van der Waals surface area contributed by atoms with E-state index >= 15 is 0 Å². The van der Waals surface area contributed by atoms with Crippen molar-refractivity contribution in [3.63, 3.8) is 0 Å². The zero-order valence-electron chi connectivity index (χ0n) is 18.1. The molecule has 0 saturated carbocycles. The summed E-state index contributed by atoms with van der Waals surface area (Å²) in [6, 6.07) is 6.75. The number of nitrogens with zero attached hydrogens (tertiary/aromatic N) is 1. The number of carbonyl (C=O) groups is 3. The van der Waals surface area contributed by atoms with E-state index in [9.17, 15) is 31.9 Å². The summed E-state index contributed by atoms with van der Waals surface area (Å²) in [5.41, 5.74) is 1.55. The number of anilines is 1. The van der Waals surface area contributed by atoms with Crippen LogP contribution < -0.4 is 15.4 Å². The summed E-state index contributed by atoms with van der Waals surface area (Å²) in [7, 11) is 0. The fourth-order valence-corrected chi connectivity index (χ4v) is 3.92. The number of piperidine rings is 1. The molecule has 2 heterocycles. The Morgan fingerprint density at radius 1 is 1.20 bits per heavy atom. The van der Waals surface area contributed by atoms with Crippen LogP contribution in [0.4, 0.5) is 28.0 Å². The van der Waals surface area contributed by atoms with Crippen molar-refractivity contribution in [1.29, 1.82) is 0 Å². The van der Waals surface area contributed by atoms with Gasteiger partial charge in [-0.1, -0.05) is 18.7 Å². The van der Waals surface area contributed by atoms with Gasteiger partial charge in [0.15, 0.2) is 0 Å². The molecule has 0 aliphatic carbocycles. The summed E-state index contributed by atoms with van der Waals surface area (Å²) < 4.78 is 59.7. The highest BCUT2D eigenvalue weighted by atomic mass is 19.4. The lowest BCUT2D eigenvalue weighted by molar-refractivity contribution is -0.274. The molecule has 2 aliphatic heterocycles. The van der Waals surface area contributed by atoms with Crippen LogP contribution in [0.1, 0.15) is 34.3 Å². The normalized spacial score (nSPS) is 17.7. The summed E-state index contributed by atoms with van der Waals surface area (Å²) in [4.78, 5) is 38.1. The van der Waals surface area contributed by atoms with Crippen molar-refractivity contribution in [2.45, 2.75) is 38.4 Å². The number of rotatable bonds is 5. The van der Waals surface area contributed by atoms with Gasteiger partial charge >= 0.3 is 12.5 Å². The molecular formula is C23H19F4N3O5. The van der Waals surface area contributed by atoms with Gasteiger partial charge in [-0.25, -0.2) is 9.18 Å². The molecule has 4 rings (SSSR count). The molecule has 1 saturated heterocycles. The van der Waals surface area contributed by atoms with E-state index in [0.717, 1.165) is 11.6 Å². The van der Waals surface area contributed by atoms with Crippen molar-refractivity contribution < 1.29 is 41.4 Å². The Balaban J connectivity index is 1.38. The zero-order chi connectivity index (χ0) is 25.3. The number of alkyl halides is 3. The van der Waals surface area contributed by atoms with Gasteiger partial charge in [-0.15, -0.1) is 13.2 Å². The second-order valence-corrected chi connectivity index (χ2v) is 7.94. The first-order valence-electron chi connectivity index (χ1n) is 10.4. The fraction of sp³-hybridized carbons (Fsp3) is 0.261. The Hall–Kier alpha value is -4.09. The Morgan fingerprint density at radius 2 is 1.97 bits per heavy atom. The van der Waals surface area contributed by atoms with Crippen molar-refractivity contribution in [3.05, 3.63) is 71.2 Å². The van der Waals surface area contributed by atoms with Crippen LogP contribution >= 0.6 is 0 Å². The predicted octanol–water partition coefficient (Wildman–Crippen LogP) is 4.22. The summed E-state index contributed by atoms with van der Waals surface area (Å²) in [5.74, 6) is -2.10. The first kappa shape index (κ1) is 24.0. The first-order valence-corrected chi connectivity index (χ1v) is 10.4. The fourth-order valence-electron chi connectivity index (χ4n) is 3.92. The molecular weight excluding hydrogens is 474 g/mol. The third-order valence-electron chi connectivity index (χ3n) is 5.51. The van der Waals surface area contributed by atoms with Crippen LogP contribution in [0.25, 0.3) is 0 Å². The van der Waals surface area contributed by atoms with E-state index in [1.807, 2.05) is 5.32 Å². The molecule has 0 bridgehead atoms. The smallest absolute Gasteiger partial charge is 0.444 e. The highest BCUT2D eigenvalue weighted by Gasteiger charge is 2.36. The quantitative estimate of drug-likeness (QED) is 0.608. The number of carbonyl (C=O) groups excluding carboxylic acids is 3. The molecule has 0 spiro atoms. The standard InChI is InChI=1S/C23H19F4N3O5/c1-12-19(6-7-20(31)28-12)30-10-14-3-2-13(8-16(14)21(30)32)11-34-22(33)29-18-9-15(4-5-17(18)24)35-23(25,26)27/h2-5,8-9,19H,1,6-7,10-11H2,(H,28,31)(H,29,33). The van der Waals surface area contributed by atoms with Gasteiger partial charge in [-0.2, -0.15) is 0 Å². The molecule has 2 aromatic carbocycles. The Morgan fingerprint density at radius 3 is 2.69 bits per heavy atom. The third-order valence-corrected chi connectivity index (χ3v) is 5.51. The number of amides is 3. The van der Waals surface area contributed by atoms with E-state index in [4.69, 9.17) is 4.74 Å². The molecule has 1 unspecified atom stereocenters. The average Bonchev–Trinajstić information content (AvgIpc) is 3.09. The topological polar surface area (TPSA) is 97.0 Å². The van der Waals surface area contributed by atoms with Crippen molar-refractivity contribution >= 4 is 23.6 Å². The highest BCUT2D eigenvalue weighted by Crippen LogP contribution is 2.31. The SMILES string of the molecule is C=C1NC(=O)CCC1N1Cc2ccc(COC(=O)Nc3cc(OC(F)(F)F)ccc3F)cc2C1=O. The van der Waals surface area contributed by atoms with Crippen LogP contribution in [0.3, 0.4) is 0 Å². The summed E-state index contributed by atoms with van der Waals surface area (Å²) in [6.07, 6.45) is -5.35. The summed E-state index contributed by atoms with van der Waals surface area (Å²) >= 11 is 0. The average molecular weight is 493 g/mol. The van der Waals surface area contributed by atoms with E-state index in [2.05, 4.69) is 16.6 Å². The molecule has 184 valence electrons. The van der Waals surface area contributed by atoms with Crippen LogP contribution in [0.5, 0.6) is 5.75 Å². The minimum Gasteiger partial charge on any atom is -0.444 e. The van der Waals surface area contributed by atoms with E-state index in [0.29, 0.717) is 41.9 Å². The first-order chi connectivity index (χ1) is 16.5. The second-order valence-electron chi connectivity index (χ2n) is 7.94. The van der Waals surface area contributed by atoms with Crippen molar-refractivity contribution in [2.75, 3.05) is 5.32 Å². The maximum atomic E-state index is 13.9. The zero-order valence-corrected chi connectivity index (χ0v) is 18.1. The van der Waals surface area contributed by atoms with Gasteiger partial charge in [0.05, 0.1) is 11.7 Å². The number of nitrogens with one attached hydrogen (secondary N) is 2. The molecule has 2 aromatic rings. The third kappa shape index (κ3) is 5.53. The summed E-state index contributed by atoms with van der Waals surface area (Å²) in [6.45, 7) is 3.90. The molecule has 2 N–H and O–H groups in total. The monoisotopic (exact) mass is 493 g/mol. The van der Waals surface area contributed by atoms with Crippen molar-refractivity contribution in [1.82, 2.24) is 10.2 Å². The van der Waals surface area contributed by atoms with E-state index in [1.165, 1.54) is 0 Å². The van der Waals surface area contributed by atoms with Gasteiger partial charge in [-0.05, 0) is 35.7 Å². The van der Waals surface area contributed by atoms with E-state index in [1.54, 1.807) is 23.1 Å². The van der Waals surface area contributed by atoms with Crippen LogP contribution in [-0.2, 0) is 22.7 Å². The number of ether oxygens (including phenoxy) is 2. The highest BCUT2D eigenvalue weighted by molar-refractivity contribution is 5.99. The van der Waals surface area contributed by atoms with Gasteiger partial charge in [0.25, 0.3) is 5.91 Å². The van der Waals surface area contributed by atoms with Crippen LogP contribution in [0.2, 0.25) is 0 Å². The number of hydrogen-bond donors (Lipinski definition) is 2. The van der Waals surface area contributed by atoms with Crippen LogP contribution in [0.15, 0.2) is 48.7 Å². The lowest BCUT2D eigenvalue weighted by atomic mass is 10.0. The van der Waals surface area contributed by atoms with Gasteiger partial charge in [0, 0.05) is 30.3 Å². The van der Waals surface area contributed by atoms with Crippen LogP contribution in [-0.4, -0.2) is 35.2 Å². The Bertz CT molecular complexity index is 1210. The van der Waals surface area contributed by atoms with Gasteiger partial charge in [-0.3, -0.25) is 14.9 Å².